The fourth-order valence-corrected chi connectivity index (χ4v) is 2.48. The zero-order valence-electron chi connectivity index (χ0n) is 11.4. The van der Waals surface area contributed by atoms with E-state index in [0.717, 1.165) is 27.8 Å². The summed E-state index contributed by atoms with van der Waals surface area (Å²) >= 11 is 3.37. The molecule has 106 valence electrons. The maximum Gasteiger partial charge on any atom is 0.126 e. The Morgan fingerprint density at radius 2 is 2.00 bits per heavy atom. The van der Waals surface area contributed by atoms with Gasteiger partial charge in [-0.3, -0.25) is 0 Å². The molecule has 20 heavy (non-hydrogen) atoms. The average molecular weight is 337 g/mol. The molecular weight excluding hydrogens is 319 g/mol. The molecule has 0 aliphatic carbocycles. The van der Waals surface area contributed by atoms with Crippen LogP contribution in [-0.4, -0.2) is 13.6 Å². The summed E-state index contributed by atoms with van der Waals surface area (Å²) in [5, 5.41) is 0. The highest BCUT2D eigenvalue weighted by Gasteiger charge is 2.06. The van der Waals surface area contributed by atoms with E-state index in [9.17, 15) is 4.39 Å². The number of hydrogen-bond donors (Lipinski definition) is 1. The molecule has 0 radical (unpaired) electrons. The van der Waals surface area contributed by atoms with Crippen molar-refractivity contribution in [3.63, 3.8) is 0 Å². The predicted octanol–water partition coefficient (Wildman–Crippen LogP) is 3.73. The second kappa shape index (κ2) is 6.86. The van der Waals surface area contributed by atoms with Crippen LogP contribution in [0, 0.1) is 5.82 Å². The van der Waals surface area contributed by atoms with E-state index in [4.69, 9.17) is 5.73 Å². The highest BCUT2D eigenvalue weighted by atomic mass is 79.9. The Bertz CT molecular complexity index is 586. The van der Waals surface area contributed by atoms with Crippen LogP contribution in [0.4, 0.5) is 10.1 Å². The van der Waals surface area contributed by atoms with Crippen LogP contribution in [-0.2, 0) is 13.0 Å². The van der Waals surface area contributed by atoms with Gasteiger partial charge in [-0.25, -0.2) is 4.39 Å². The quantitative estimate of drug-likeness (QED) is 0.901. The predicted molar refractivity (Wildman–Crippen MR) is 85.4 cm³/mol. The first-order valence-electron chi connectivity index (χ1n) is 6.54. The number of nitrogens with two attached hydrogens (primary N) is 1. The van der Waals surface area contributed by atoms with E-state index >= 15 is 0 Å². The van der Waals surface area contributed by atoms with E-state index in [-0.39, 0.29) is 5.82 Å². The molecule has 2 nitrogen and oxygen atoms in total. The highest BCUT2D eigenvalue weighted by molar-refractivity contribution is 9.10. The van der Waals surface area contributed by atoms with E-state index in [2.05, 4.69) is 26.9 Å². The van der Waals surface area contributed by atoms with Gasteiger partial charge in [0.1, 0.15) is 5.82 Å². The fourth-order valence-electron chi connectivity index (χ4n) is 2.07. The first-order chi connectivity index (χ1) is 9.60. The smallest absolute Gasteiger partial charge is 0.126 e. The summed E-state index contributed by atoms with van der Waals surface area (Å²) in [5.41, 5.74) is 8.57. The molecule has 0 unspecified atom stereocenters. The molecule has 0 aromatic heterocycles. The van der Waals surface area contributed by atoms with Crippen molar-refractivity contribution < 1.29 is 4.39 Å². The standard InChI is InChI=1S/C16H18BrFN2/c1-20(15-4-2-3-12(9-15)11-19)8-7-13-10-14(17)5-6-16(13)18/h2-6,9-10H,7-8,11,19H2,1H3. The SMILES string of the molecule is CN(CCc1cc(Br)ccc1F)c1cccc(CN)c1. The summed E-state index contributed by atoms with van der Waals surface area (Å²) < 4.78 is 14.6. The maximum absolute atomic E-state index is 13.7. The average Bonchev–Trinajstić information content (AvgIpc) is 2.48. The van der Waals surface area contributed by atoms with Crippen LogP contribution in [0.15, 0.2) is 46.9 Å². The number of anilines is 1. The summed E-state index contributed by atoms with van der Waals surface area (Å²) in [5.74, 6) is -0.155. The molecule has 0 bridgehead atoms. The van der Waals surface area contributed by atoms with Gasteiger partial charge in [0.05, 0.1) is 0 Å². The monoisotopic (exact) mass is 336 g/mol. The lowest BCUT2D eigenvalue weighted by molar-refractivity contribution is 0.608. The van der Waals surface area contributed by atoms with Crippen LogP contribution in [0.5, 0.6) is 0 Å². The van der Waals surface area contributed by atoms with Crippen LogP contribution >= 0.6 is 15.9 Å². The lowest BCUT2D eigenvalue weighted by Crippen LogP contribution is -2.20. The molecule has 0 heterocycles. The summed E-state index contributed by atoms with van der Waals surface area (Å²) in [4.78, 5) is 2.11. The van der Waals surface area contributed by atoms with Gasteiger partial charge in [-0.1, -0.05) is 28.1 Å². The maximum atomic E-state index is 13.7. The number of benzene rings is 2. The molecule has 0 spiro atoms. The number of rotatable bonds is 5. The van der Waals surface area contributed by atoms with Crippen LogP contribution in [0.25, 0.3) is 0 Å². The van der Waals surface area contributed by atoms with Crippen molar-refractivity contribution >= 4 is 21.6 Å². The van der Waals surface area contributed by atoms with E-state index in [1.807, 2.05) is 31.3 Å². The molecule has 0 atom stereocenters. The first kappa shape index (κ1) is 15.0. The third-order valence-electron chi connectivity index (χ3n) is 3.31. The van der Waals surface area contributed by atoms with Gasteiger partial charge in [0.2, 0.25) is 0 Å². The molecular formula is C16H18BrFN2. The van der Waals surface area contributed by atoms with Crippen molar-refractivity contribution in [2.75, 3.05) is 18.5 Å². The molecule has 0 aliphatic heterocycles. The molecule has 0 saturated carbocycles. The summed E-state index contributed by atoms with van der Waals surface area (Å²) in [7, 11) is 2.01. The van der Waals surface area contributed by atoms with Crippen molar-refractivity contribution in [3.8, 4) is 0 Å². The van der Waals surface area contributed by atoms with Gasteiger partial charge in [0, 0.05) is 30.3 Å². The Morgan fingerprint density at radius 1 is 1.20 bits per heavy atom. The van der Waals surface area contributed by atoms with Crippen molar-refractivity contribution in [1.29, 1.82) is 0 Å². The van der Waals surface area contributed by atoms with E-state index in [0.29, 0.717) is 13.0 Å². The van der Waals surface area contributed by atoms with E-state index < -0.39 is 0 Å². The molecule has 0 amide bonds. The molecule has 2 aromatic rings. The third-order valence-corrected chi connectivity index (χ3v) is 3.80. The molecule has 4 heteroatoms. The molecule has 2 rings (SSSR count). The van der Waals surface area contributed by atoms with Gasteiger partial charge < -0.3 is 10.6 Å². The number of halogens is 2. The third kappa shape index (κ3) is 3.81. The van der Waals surface area contributed by atoms with Gasteiger partial charge in [-0.2, -0.15) is 0 Å². The van der Waals surface area contributed by atoms with E-state index in [1.54, 1.807) is 6.07 Å². The second-order valence-electron chi connectivity index (χ2n) is 4.78. The molecule has 0 fully saturated rings. The van der Waals surface area contributed by atoms with Gasteiger partial charge in [-0.05, 0) is 47.9 Å². The van der Waals surface area contributed by atoms with Crippen LogP contribution in [0.3, 0.4) is 0 Å². The van der Waals surface area contributed by atoms with Crippen molar-refractivity contribution in [2.45, 2.75) is 13.0 Å². The van der Waals surface area contributed by atoms with E-state index in [1.165, 1.54) is 6.07 Å². The van der Waals surface area contributed by atoms with Crippen LogP contribution in [0.1, 0.15) is 11.1 Å². The molecule has 0 saturated heterocycles. The highest BCUT2D eigenvalue weighted by Crippen LogP contribution is 2.18. The summed E-state index contributed by atoms with van der Waals surface area (Å²) in [6.07, 6.45) is 0.661. The van der Waals surface area contributed by atoms with Crippen molar-refractivity contribution in [3.05, 3.63) is 63.9 Å². The topological polar surface area (TPSA) is 29.3 Å². The largest absolute Gasteiger partial charge is 0.374 e. The Kier molecular flexibility index (Phi) is 5.15. The minimum Gasteiger partial charge on any atom is -0.374 e. The second-order valence-corrected chi connectivity index (χ2v) is 5.70. The van der Waals surface area contributed by atoms with Crippen LogP contribution in [0.2, 0.25) is 0 Å². The van der Waals surface area contributed by atoms with Crippen LogP contribution < -0.4 is 10.6 Å². The lowest BCUT2D eigenvalue weighted by atomic mass is 10.1. The normalized spacial score (nSPS) is 10.6. The minimum atomic E-state index is -0.155. The Balaban J connectivity index is 2.04. The molecule has 0 aliphatic rings. The Hall–Kier alpha value is -1.39. The number of nitrogens with zero attached hydrogens (tertiary/aromatic N) is 1. The summed E-state index contributed by atoms with van der Waals surface area (Å²) in [6, 6.07) is 13.1. The lowest BCUT2D eigenvalue weighted by Gasteiger charge is -2.20. The van der Waals surface area contributed by atoms with Gasteiger partial charge in [0.15, 0.2) is 0 Å². The molecule has 2 aromatic carbocycles. The number of likely N-dealkylation sites (N-methyl/N-ethyl adjacent to an activating group) is 1. The van der Waals surface area contributed by atoms with Gasteiger partial charge in [0.25, 0.3) is 0 Å². The number of hydrogen-bond acceptors (Lipinski definition) is 2. The minimum absolute atomic E-state index is 0.155. The van der Waals surface area contributed by atoms with Crippen molar-refractivity contribution in [2.24, 2.45) is 5.73 Å². The zero-order valence-corrected chi connectivity index (χ0v) is 13.0. The fraction of sp³-hybridized carbons (Fsp3) is 0.250. The summed E-state index contributed by atoms with van der Waals surface area (Å²) in [6.45, 7) is 1.28. The van der Waals surface area contributed by atoms with Gasteiger partial charge >= 0.3 is 0 Å². The Morgan fingerprint density at radius 3 is 2.75 bits per heavy atom. The van der Waals surface area contributed by atoms with Crippen molar-refractivity contribution in [1.82, 2.24) is 0 Å². The zero-order chi connectivity index (χ0) is 14.5. The molecule has 2 N–H and O–H groups in total. The first-order valence-corrected chi connectivity index (χ1v) is 7.33. The van der Waals surface area contributed by atoms with Gasteiger partial charge in [-0.15, -0.1) is 0 Å². The Labute approximate surface area is 127 Å².